The number of hydrogen-bond donors (Lipinski definition) is 2. The molecule has 0 aliphatic heterocycles. The lowest BCUT2D eigenvalue weighted by Gasteiger charge is -2.11. The third-order valence-electron chi connectivity index (χ3n) is 3.86. The Bertz CT molecular complexity index is 1090. The number of fused-ring (bicyclic) bond motifs is 1. The molecule has 0 fully saturated rings. The van der Waals surface area contributed by atoms with Gasteiger partial charge in [-0.15, -0.1) is 0 Å². The van der Waals surface area contributed by atoms with Gasteiger partial charge in [0, 0.05) is 19.7 Å². The lowest BCUT2D eigenvalue weighted by molar-refractivity contribution is 0.0962. The SMILES string of the molecule is CCOc1cccc2sc(NNC(=O)c3ccc(S(=O)(=O)N(C)C)cc3)nc12. The van der Waals surface area contributed by atoms with Gasteiger partial charge in [0.15, 0.2) is 0 Å². The molecule has 3 aromatic rings. The van der Waals surface area contributed by atoms with Gasteiger partial charge in [-0.05, 0) is 43.3 Å². The van der Waals surface area contributed by atoms with Gasteiger partial charge in [0.05, 0.1) is 16.2 Å². The van der Waals surface area contributed by atoms with Crippen molar-refractivity contribution in [1.29, 1.82) is 0 Å². The van der Waals surface area contributed by atoms with Crippen LogP contribution in [0, 0.1) is 0 Å². The highest BCUT2D eigenvalue weighted by Gasteiger charge is 2.17. The van der Waals surface area contributed by atoms with E-state index in [1.54, 1.807) is 0 Å². The molecular formula is C18H20N4O4S2. The highest BCUT2D eigenvalue weighted by atomic mass is 32.2. The Morgan fingerprint density at radius 1 is 1.18 bits per heavy atom. The number of anilines is 1. The van der Waals surface area contributed by atoms with Crippen molar-refractivity contribution in [2.75, 3.05) is 26.1 Å². The van der Waals surface area contributed by atoms with Crippen molar-refractivity contribution in [3.63, 3.8) is 0 Å². The van der Waals surface area contributed by atoms with Crippen molar-refractivity contribution in [2.45, 2.75) is 11.8 Å². The van der Waals surface area contributed by atoms with Gasteiger partial charge in [-0.1, -0.05) is 17.4 Å². The second-order valence-corrected chi connectivity index (χ2v) is 9.13. The van der Waals surface area contributed by atoms with E-state index in [-0.39, 0.29) is 4.90 Å². The van der Waals surface area contributed by atoms with Crippen LogP contribution >= 0.6 is 11.3 Å². The van der Waals surface area contributed by atoms with Crippen LogP contribution in [0.2, 0.25) is 0 Å². The number of rotatable bonds is 7. The molecule has 2 N–H and O–H groups in total. The lowest BCUT2D eigenvalue weighted by Crippen LogP contribution is -2.29. The number of amides is 1. The first-order valence-corrected chi connectivity index (χ1v) is 10.7. The molecule has 3 rings (SSSR count). The number of benzene rings is 2. The van der Waals surface area contributed by atoms with Crippen LogP contribution in [0.15, 0.2) is 47.4 Å². The average Bonchev–Trinajstić information content (AvgIpc) is 3.10. The number of thiazole rings is 1. The topological polar surface area (TPSA) is 101 Å². The molecule has 0 atom stereocenters. The van der Waals surface area contributed by atoms with E-state index >= 15 is 0 Å². The van der Waals surface area contributed by atoms with Gasteiger partial charge in [-0.3, -0.25) is 15.6 Å². The van der Waals surface area contributed by atoms with E-state index in [0.717, 1.165) is 14.5 Å². The normalized spacial score (nSPS) is 11.6. The first-order chi connectivity index (χ1) is 13.3. The maximum atomic E-state index is 12.3. The van der Waals surface area contributed by atoms with E-state index in [9.17, 15) is 13.2 Å². The quantitative estimate of drug-likeness (QED) is 0.570. The summed E-state index contributed by atoms with van der Waals surface area (Å²) in [6.45, 7) is 2.44. The minimum atomic E-state index is -3.53. The van der Waals surface area contributed by atoms with Crippen molar-refractivity contribution in [1.82, 2.24) is 14.7 Å². The van der Waals surface area contributed by atoms with Crippen LogP contribution in [0.3, 0.4) is 0 Å². The largest absolute Gasteiger partial charge is 0.492 e. The molecule has 10 heteroatoms. The smallest absolute Gasteiger partial charge is 0.269 e. The van der Waals surface area contributed by atoms with Crippen LogP contribution < -0.4 is 15.6 Å². The molecule has 1 aromatic heterocycles. The van der Waals surface area contributed by atoms with Crippen LogP contribution in [-0.2, 0) is 10.0 Å². The zero-order chi connectivity index (χ0) is 20.3. The lowest BCUT2D eigenvalue weighted by atomic mass is 10.2. The van der Waals surface area contributed by atoms with Crippen LogP contribution in [0.5, 0.6) is 5.75 Å². The average molecular weight is 421 g/mol. The molecule has 28 heavy (non-hydrogen) atoms. The van der Waals surface area contributed by atoms with E-state index in [4.69, 9.17) is 4.74 Å². The molecule has 1 heterocycles. The molecule has 0 aliphatic rings. The number of nitrogens with one attached hydrogen (secondary N) is 2. The Hall–Kier alpha value is -2.69. The second-order valence-electron chi connectivity index (χ2n) is 5.95. The van der Waals surface area contributed by atoms with E-state index in [1.807, 2.05) is 25.1 Å². The van der Waals surface area contributed by atoms with Gasteiger partial charge in [-0.25, -0.2) is 17.7 Å². The monoisotopic (exact) mass is 420 g/mol. The third-order valence-corrected chi connectivity index (χ3v) is 6.63. The Balaban J connectivity index is 1.70. The molecule has 0 radical (unpaired) electrons. The zero-order valence-corrected chi connectivity index (χ0v) is 17.2. The summed E-state index contributed by atoms with van der Waals surface area (Å²) in [6, 6.07) is 11.4. The van der Waals surface area contributed by atoms with Gasteiger partial charge in [-0.2, -0.15) is 0 Å². The van der Waals surface area contributed by atoms with Gasteiger partial charge in [0.1, 0.15) is 11.3 Å². The van der Waals surface area contributed by atoms with Crippen molar-refractivity contribution >= 4 is 42.6 Å². The van der Waals surface area contributed by atoms with Crippen molar-refractivity contribution in [3.05, 3.63) is 48.0 Å². The highest BCUT2D eigenvalue weighted by Crippen LogP contribution is 2.32. The molecule has 0 saturated carbocycles. The van der Waals surface area contributed by atoms with Gasteiger partial charge in [0.2, 0.25) is 15.2 Å². The highest BCUT2D eigenvalue weighted by molar-refractivity contribution is 7.89. The number of carbonyl (C=O) groups excluding carboxylic acids is 1. The van der Waals surface area contributed by atoms with Crippen LogP contribution in [-0.4, -0.2) is 44.3 Å². The molecule has 0 aliphatic carbocycles. The minimum absolute atomic E-state index is 0.122. The number of para-hydroxylation sites is 1. The van der Waals surface area contributed by atoms with Crippen molar-refractivity contribution in [3.8, 4) is 5.75 Å². The summed E-state index contributed by atoms with van der Waals surface area (Å²) in [7, 11) is -0.626. The Kier molecular flexibility index (Phi) is 5.82. The van der Waals surface area contributed by atoms with Gasteiger partial charge >= 0.3 is 0 Å². The number of hydrazine groups is 1. The number of aromatic nitrogens is 1. The Labute approximate surface area is 167 Å². The van der Waals surface area contributed by atoms with Crippen LogP contribution in [0.25, 0.3) is 10.2 Å². The fraction of sp³-hybridized carbons (Fsp3) is 0.222. The summed E-state index contributed by atoms with van der Waals surface area (Å²) in [5.41, 5.74) is 6.40. The molecule has 2 aromatic carbocycles. The molecule has 8 nitrogen and oxygen atoms in total. The number of sulfonamides is 1. The molecular weight excluding hydrogens is 400 g/mol. The van der Waals surface area contributed by atoms with Crippen LogP contribution in [0.1, 0.15) is 17.3 Å². The first kappa shape index (κ1) is 20.1. The molecule has 0 spiro atoms. The summed E-state index contributed by atoms with van der Waals surface area (Å²) in [5.74, 6) is 0.284. The van der Waals surface area contributed by atoms with Crippen molar-refractivity contribution in [2.24, 2.45) is 0 Å². The third kappa shape index (κ3) is 4.08. The number of carbonyl (C=O) groups is 1. The van der Waals surface area contributed by atoms with E-state index in [1.165, 1.54) is 49.7 Å². The standard InChI is InChI=1S/C18H20N4O4S2/c1-4-26-14-6-5-7-15-16(14)19-18(27-15)21-20-17(23)12-8-10-13(11-9-12)28(24,25)22(2)3/h5-11H,4H2,1-3H3,(H,19,21)(H,20,23). The fourth-order valence-corrected chi connectivity index (χ4v) is 4.16. The van der Waals surface area contributed by atoms with Gasteiger partial charge in [0.25, 0.3) is 5.91 Å². The first-order valence-electron chi connectivity index (χ1n) is 8.44. The maximum Gasteiger partial charge on any atom is 0.269 e. The molecule has 1 amide bonds. The fourth-order valence-electron chi connectivity index (χ4n) is 2.42. The molecule has 0 saturated heterocycles. The number of hydrogen-bond acceptors (Lipinski definition) is 7. The summed E-state index contributed by atoms with van der Waals surface area (Å²) in [5, 5.41) is 0.516. The predicted molar refractivity (Wildman–Crippen MR) is 109 cm³/mol. The summed E-state index contributed by atoms with van der Waals surface area (Å²) < 4.78 is 31.8. The Morgan fingerprint density at radius 2 is 1.89 bits per heavy atom. The van der Waals surface area contributed by atoms with E-state index < -0.39 is 15.9 Å². The number of nitrogens with zero attached hydrogens (tertiary/aromatic N) is 2. The molecule has 0 bridgehead atoms. The summed E-state index contributed by atoms with van der Waals surface area (Å²) in [4.78, 5) is 16.9. The Morgan fingerprint density at radius 3 is 2.54 bits per heavy atom. The molecule has 0 unspecified atom stereocenters. The second kappa shape index (κ2) is 8.13. The van der Waals surface area contributed by atoms with Crippen molar-refractivity contribution < 1.29 is 17.9 Å². The summed E-state index contributed by atoms with van der Waals surface area (Å²) >= 11 is 1.38. The predicted octanol–water partition coefficient (Wildman–Crippen LogP) is 2.70. The summed E-state index contributed by atoms with van der Waals surface area (Å²) in [6.07, 6.45) is 0. The minimum Gasteiger partial charge on any atom is -0.492 e. The van der Waals surface area contributed by atoms with Crippen LogP contribution in [0.4, 0.5) is 5.13 Å². The number of ether oxygens (including phenoxy) is 1. The maximum absolute atomic E-state index is 12.3. The van der Waals surface area contributed by atoms with Gasteiger partial charge < -0.3 is 4.74 Å². The van der Waals surface area contributed by atoms with E-state index in [0.29, 0.717) is 23.1 Å². The van der Waals surface area contributed by atoms with E-state index in [2.05, 4.69) is 15.8 Å². The molecule has 148 valence electrons. The zero-order valence-electron chi connectivity index (χ0n) is 15.6.